The maximum Gasteiger partial charge on any atom is 0.403 e. The molecule has 0 aliphatic rings. The van der Waals surface area contributed by atoms with Gasteiger partial charge in [-0.25, -0.2) is 9.13 Å². The number of hydrogen-bond donors (Lipinski definition) is 0. The van der Waals surface area contributed by atoms with Gasteiger partial charge in [0.2, 0.25) is 0 Å². The average Bonchev–Trinajstić information content (AvgIpc) is 2.79. The molecule has 0 N–H and O–H groups in total. The first kappa shape index (κ1) is 24.4. The minimum absolute atomic E-state index is 0.0762. The molecular weight excluding hydrogens is 438 g/mol. The van der Waals surface area contributed by atoms with E-state index >= 15 is 0 Å². The summed E-state index contributed by atoms with van der Waals surface area (Å²) in [5, 5.41) is 0. The molecule has 9 heteroatoms. The predicted molar refractivity (Wildman–Crippen MR) is 122 cm³/mol. The van der Waals surface area contributed by atoms with E-state index in [1.54, 1.807) is 48.5 Å². The normalized spacial score (nSPS) is 14.3. The van der Waals surface area contributed by atoms with E-state index in [1.807, 2.05) is 0 Å². The van der Waals surface area contributed by atoms with Crippen LogP contribution in [0, 0.1) is 0 Å². The van der Waals surface area contributed by atoms with Gasteiger partial charge in [0.05, 0.1) is 13.2 Å². The van der Waals surface area contributed by atoms with Crippen molar-refractivity contribution in [3.8, 4) is 23.0 Å². The third kappa shape index (κ3) is 7.74. The Hall–Kier alpha value is -2.82. The van der Waals surface area contributed by atoms with Crippen LogP contribution in [-0.4, -0.2) is 13.2 Å². The summed E-state index contributed by atoms with van der Waals surface area (Å²) in [6, 6.07) is 13.0. The highest BCUT2D eigenvalue weighted by Crippen LogP contribution is 2.50. The van der Waals surface area contributed by atoms with Crippen molar-refractivity contribution in [1.29, 1.82) is 0 Å². The SMILES string of the molecule is C=CCOP(=O)(C=C)Oc1ccc(Oc2ccc(OP(=O)(C=C)OCC=C)cc2)cc1. The molecule has 0 fully saturated rings. The fourth-order valence-corrected chi connectivity index (χ4v) is 4.04. The third-order valence-corrected chi connectivity index (χ3v) is 6.38. The molecule has 7 nitrogen and oxygen atoms in total. The Kier molecular flexibility index (Phi) is 9.10. The zero-order valence-corrected chi connectivity index (χ0v) is 18.7. The molecule has 31 heavy (non-hydrogen) atoms. The first-order chi connectivity index (χ1) is 14.8. The van der Waals surface area contributed by atoms with Crippen molar-refractivity contribution in [1.82, 2.24) is 0 Å². The maximum absolute atomic E-state index is 12.4. The van der Waals surface area contributed by atoms with Crippen molar-refractivity contribution in [2.75, 3.05) is 13.2 Å². The predicted octanol–water partition coefficient (Wildman–Crippen LogP) is 7.31. The van der Waals surface area contributed by atoms with Gasteiger partial charge in [0.1, 0.15) is 23.0 Å². The Morgan fingerprint density at radius 1 is 0.613 bits per heavy atom. The Morgan fingerprint density at radius 3 is 1.23 bits per heavy atom. The molecule has 0 aromatic heterocycles. The smallest absolute Gasteiger partial charge is 0.403 e. The Labute approximate surface area is 182 Å². The van der Waals surface area contributed by atoms with E-state index in [4.69, 9.17) is 22.8 Å². The zero-order chi connectivity index (χ0) is 22.7. The number of rotatable bonds is 14. The molecule has 0 radical (unpaired) electrons. The molecule has 2 aromatic rings. The minimum Gasteiger partial charge on any atom is -0.457 e. The molecule has 0 aliphatic carbocycles. The Balaban J connectivity index is 2.00. The van der Waals surface area contributed by atoms with Crippen LogP contribution in [0.3, 0.4) is 0 Å². The van der Waals surface area contributed by atoms with Crippen LogP contribution in [0.15, 0.2) is 98.6 Å². The fraction of sp³-hybridized carbons (Fsp3) is 0.0909. The molecule has 2 unspecified atom stereocenters. The van der Waals surface area contributed by atoms with Crippen molar-refractivity contribution >= 4 is 15.2 Å². The van der Waals surface area contributed by atoms with E-state index in [9.17, 15) is 9.13 Å². The van der Waals surface area contributed by atoms with E-state index in [2.05, 4.69) is 26.3 Å². The summed E-state index contributed by atoms with van der Waals surface area (Å²) in [4.78, 5) is 0. The van der Waals surface area contributed by atoms with E-state index < -0.39 is 15.2 Å². The van der Waals surface area contributed by atoms with Crippen LogP contribution >= 0.6 is 15.2 Å². The van der Waals surface area contributed by atoms with Gasteiger partial charge in [-0.15, -0.1) is 13.2 Å². The molecule has 2 aromatic carbocycles. The third-order valence-electron chi connectivity index (χ3n) is 3.54. The van der Waals surface area contributed by atoms with Crippen molar-refractivity contribution in [3.63, 3.8) is 0 Å². The molecule has 164 valence electrons. The van der Waals surface area contributed by atoms with Crippen molar-refractivity contribution in [2.24, 2.45) is 0 Å². The summed E-state index contributed by atoms with van der Waals surface area (Å²) in [5.74, 6) is 3.99. The standard InChI is InChI=1S/C22H24O7P2/c1-5-17-25-30(23,7-3)28-21-13-9-19(10-14-21)27-20-11-15-22(16-12-20)29-31(24,8-4)26-18-6-2/h5-16H,1-4,17-18H2. The van der Waals surface area contributed by atoms with Crippen molar-refractivity contribution in [3.05, 3.63) is 98.6 Å². The van der Waals surface area contributed by atoms with E-state index in [0.29, 0.717) is 23.0 Å². The molecule has 0 saturated carbocycles. The van der Waals surface area contributed by atoms with Crippen LogP contribution in [0.1, 0.15) is 0 Å². The highest BCUT2D eigenvalue weighted by atomic mass is 31.2. The molecule has 0 heterocycles. The summed E-state index contributed by atoms with van der Waals surface area (Å²) in [5.41, 5.74) is 0. The second-order valence-corrected chi connectivity index (χ2v) is 9.61. The fourth-order valence-electron chi connectivity index (χ4n) is 2.11. The Bertz CT molecular complexity index is 916. The zero-order valence-electron chi connectivity index (χ0n) is 16.9. The van der Waals surface area contributed by atoms with Crippen LogP contribution < -0.4 is 13.8 Å². The first-order valence-electron chi connectivity index (χ1n) is 9.10. The highest BCUT2D eigenvalue weighted by Gasteiger charge is 2.22. The lowest BCUT2D eigenvalue weighted by Crippen LogP contribution is -1.96. The van der Waals surface area contributed by atoms with Gasteiger partial charge in [-0.2, -0.15) is 0 Å². The molecule has 0 amide bonds. The highest BCUT2D eigenvalue weighted by molar-refractivity contribution is 7.57. The molecule has 2 atom stereocenters. The first-order valence-corrected chi connectivity index (χ1v) is 12.3. The number of ether oxygens (including phenoxy) is 1. The minimum atomic E-state index is -3.46. The monoisotopic (exact) mass is 462 g/mol. The number of benzene rings is 2. The molecular formula is C22H24O7P2. The molecule has 2 rings (SSSR count). The van der Waals surface area contributed by atoms with Gasteiger partial charge in [-0.1, -0.05) is 25.3 Å². The van der Waals surface area contributed by atoms with Crippen molar-refractivity contribution < 1.29 is 32.0 Å². The molecule has 0 aliphatic heterocycles. The van der Waals surface area contributed by atoms with Gasteiger partial charge >= 0.3 is 15.2 Å². The molecule has 0 saturated heterocycles. The number of hydrogen-bond acceptors (Lipinski definition) is 7. The van der Waals surface area contributed by atoms with Crippen molar-refractivity contribution in [2.45, 2.75) is 0 Å². The van der Waals surface area contributed by atoms with E-state index in [-0.39, 0.29) is 13.2 Å². The van der Waals surface area contributed by atoms with Crippen LogP contribution in [0.5, 0.6) is 23.0 Å². The summed E-state index contributed by atoms with van der Waals surface area (Å²) in [6.45, 7) is 14.1. The summed E-state index contributed by atoms with van der Waals surface area (Å²) in [6.07, 6.45) is 2.94. The largest absolute Gasteiger partial charge is 0.457 e. The second-order valence-electron chi connectivity index (χ2n) is 5.84. The lowest BCUT2D eigenvalue weighted by atomic mass is 10.3. The summed E-state index contributed by atoms with van der Waals surface area (Å²) in [7, 11) is -6.92. The van der Waals surface area contributed by atoms with Crippen LogP contribution in [0.2, 0.25) is 0 Å². The van der Waals surface area contributed by atoms with Crippen LogP contribution in [0.4, 0.5) is 0 Å². The van der Waals surface area contributed by atoms with E-state index in [0.717, 1.165) is 11.6 Å². The van der Waals surface area contributed by atoms with Gasteiger partial charge < -0.3 is 13.8 Å². The molecule has 0 bridgehead atoms. The van der Waals surface area contributed by atoms with Crippen LogP contribution in [0.25, 0.3) is 0 Å². The van der Waals surface area contributed by atoms with Gasteiger partial charge in [0.25, 0.3) is 0 Å². The lowest BCUT2D eigenvalue weighted by molar-refractivity contribution is 0.302. The maximum atomic E-state index is 12.4. The quantitative estimate of drug-likeness (QED) is 0.215. The summed E-state index contributed by atoms with van der Waals surface area (Å²) < 4.78 is 51.7. The van der Waals surface area contributed by atoms with Crippen LogP contribution in [-0.2, 0) is 18.2 Å². The topological polar surface area (TPSA) is 80.3 Å². The Morgan fingerprint density at radius 2 is 0.935 bits per heavy atom. The lowest BCUT2D eigenvalue weighted by Gasteiger charge is -2.16. The molecule has 0 spiro atoms. The summed E-state index contributed by atoms with van der Waals surface area (Å²) >= 11 is 0. The van der Waals surface area contributed by atoms with E-state index in [1.165, 1.54) is 12.2 Å². The second kappa shape index (κ2) is 11.5. The van der Waals surface area contributed by atoms with Gasteiger partial charge in [-0.05, 0) is 48.5 Å². The van der Waals surface area contributed by atoms with Gasteiger partial charge in [-0.3, -0.25) is 9.05 Å². The van der Waals surface area contributed by atoms with Gasteiger partial charge in [0, 0.05) is 11.6 Å². The average molecular weight is 462 g/mol. The van der Waals surface area contributed by atoms with Gasteiger partial charge in [0.15, 0.2) is 0 Å².